The Kier molecular flexibility index (Phi) is 7.93. The van der Waals surface area contributed by atoms with Gasteiger partial charge in [0, 0.05) is 18.6 Å². The molecule has 6 N–H and O–H groups in total. The fourth-order valence-corrected chi connectivity index (χ4v) is 5.19. The zero-order valence-electron chi connectivity index (χ0n) is 16.0. The molecule has 2 aliphatic heterocycles. The van der Waals surface area contributed by atoms with E-state index in [0.29, 0.717) is 31.4 Å². The molecule has 0 aromatic carbocycles. The van der Waals surface area contributed by atoms with Gasteiger partial charge in [0.1, 0.15) is 4.75 Å². The maximum atomic E-state index is 13.1. The van der Waals surface area contributed by atoms with Crippen LogP contribution in [0.25, 0.3) is 0 Å². The second-order valence-corrected chi connectivity index (χ2v) is 8.52. The molecule has 2 saturated heterocycles. The largest absolute Gasteiger partial charge is 0.481 e. The van der Waals surface area contributed by atoms with Gasteiger partial charge in [-0.05, 0) is 19.3 Å². The van der Waals surface area contributed by atoms with Gasteiger partial charge in [-0.1, -0.05) is 26.2 Å². The van der Waals surface area contributed by atoms with Crippen LogP contribution in [0.4, 0.5) is 4.79 Å². The number of aliphatic carboxylic acids is 1. The maximum absolute atomic E-state index is 13.1. The number of nitrogens with two attached hydrogens (primary N) is 1. The summed E-state index contributed by atoms with van der Waals surface area (Å²) in [4.78, 5) is 47.7. The van der Waals surface area contributed by atoms with Crippen molar-refractivity contribution in [2.75, 3.05) is 5.75 Å². The first kappa shape index (κ1) is 22.3. The second-order valence-electron chi connectivity index (χ2n) is 7.17. The van der Waals surface area contributed by atoms with E-state index >= 15 is 0 Å². The van der Waals surface area contributed by atoms with E-state index in [4.69, 9.17) is 10.9 Å². The predicted molar refractivity (Wildman–Crippen MR) is 104 cm³/mol. The molecule has 0 aromatic heterocycles. The zero-order chi connectivity index (χ0) is 20.7. The molecule has 0 aromatic rings. The van der Waals surface area contributed by atoms with E-state index in [1.54, 1.807) is 0 Å². The number of carboxylic acid groups (broad SMARTS) is 1. The van der Waals surface area contributed by atoms with Crippen LogP contribution in [0.3, 0.4) is 0 Å². The van der Waals surface area contributed by atoms with Crippen LogP contribution in [0, 0.1) is 0 Å². The van der Waals surface area contributed by atoms with E-state index in [-0.39, 0.29) is 30.8 Å². The first-order chi connectivity index (χ1) is 13.3. The summed E-state index contributed by atoms with van der Waals surface area (Å²) < 4.78 is -1.01. The van der Waals surface area contributed by atoms with Crippen molar-refractivity contribution in [3.63, 3.8) is 0 Å². The van der Waals surface area contributed by atoms with Gasteiger partial charge in [-0.2, -0.15) is 5.12 Å². The summed E-state index contributed by atoms with van der Waals surface area (Å²) in [6.07, 6.45) is 4.12. The molecular weight excluding hydrogens is 386 g/mol. The molecule has 2 heterocycles. The van der Waals surface area contributed by atoms with Crippen LogP contribution in [0.1, 0.15) is 58.3 Å². The molecule has 158 valence electrons. The SMILES string of the molecule is CCCCCC(=O)N(N)NC(=O)[C@@]1(CCCCC(=O)O)SC[C@@H]2NC(=O)N[C@@H]21. The van der Waals surface area contributed by atoms with Crippen molar-refractivity contribution < 1.29 is 24.3 Å². The van der Waals surface area contributed by atoms with Crippen molar-refractivity contribution >= 4 is 35.6 Å². The summed E-state index contributed by atoms with van der Waals surface area (Å²) in [5.41, 5.74) is 2.47. The molecule has 0 saturated carbocycles. The Hall–Kier alpha value is -2.01. The summed E-state index contributed by atoms with van der Waals surface area (Å²) in [5, 5.41) is 15.1. The molecule has 3 atom stereocenters. The number of hydrogen-bond donors (Lipinski definition) is 5. The average Bonchev–Trinajstić information content (AvgIpc) is 3.17. The number of nitrogens with one attached hydrogen (secondary N) is 3. The summed E-state index contributed by atoms with van der Waals surface area (Å²) in [5.74, 6) is 4.58. The van der Waals surface area contributed by atoms with Crippen molar-refractivity contribution in [2.24, 2.45) is 5.84 Å². The molecule has 2 rings (SSSR count). The smallest absolute Gasteiger partial charge is 0.315 e. The third-order valence-corrected chi connectivity index (χ3v) is 6.77. The lowest BCUT2D eigenvalue weighted by Gasteiger charge is -2.33. The van der Waals surface area contributed by atoms with Gasteiger partial charge in [0.15, 0.2) is 0 Å². The minimum absolute atomic E-state index is 0.0139. The van der Waals surface area contributed by atoms with Gasteiger partial charge >= 0.3 is 12.0 Å². The predicted octanol–water partition coefficient (Wildman–Crippen LogP) is 0.481. The van der Waals surface area contributed by atoms with Gasteiger partial charge in [-0.15, -0.1) is 11.8 Å². The number of urea groups is 1. The van der Waals surface area contributed by atoms with Crippen LogP contribution in [-0.4, -0.2) is 56.6 Å². The van der Waals surface area contributed by atoms with Crippen molar-refractivity contribution in [3.05, 3.63) is 0 Å². The van der Waals surface area contributed by atoms with Crippen LogP contribution in [-0.2, 0) is 14.4 Å². The molecule has 0 radical (unpaired) electrons. The number of carbonyl (C=O) groups excluding carboxylic acids is 3. The molecule has 10 nitrogen and oxygen atoms in total. The van der Waals surface area contributed by atoms with Crippen LogP contribution in [0.5, 0.6) is 0 Å². The number of hydrogen-bond acceptors (Lipinski definition) is 6. The summed E-state index contributed by atoms with van der Waals surface area (Å²) in [6.45, 7) is 2.03. The molecule has 28 heavy (non-hydrogen) atoms. The number of hydrazine groups is 2. The number of carboxylic acids is 1. The molecule has 0 aliphatic carbocycles. The Morgan fingerprint density at radius 1 is 1.25 bits per heavy atom. The highest BCUT2D eigenvalue weighted by molar-refractivity contribution is 8.01. The molecule has 11 heteroatoms. The topological polar surface area (TPSA) is 154 Å². The monoisotopic (exact) mass is 415 g/mol. The fraction of sp³-hybridized carbons (Fsp3) is 0.765. The third-order valence-electron chi connectivity index (χ3n) is 5.09. The molecule has 0 bridgehead atoms. The molecule has 0 unspecified atom stereocenters. The Balaban J connectivity index is 2.04. The molecule has 0 spiro atoms. The maximum Gasteiger partial charge on any atom is 0.315 e. The molecule has 2 fully saturated rings. The zero-order valence-corrected chi connectivity index (χ0v) is 16.8. The van der Waals surface area contributed by atoms with Crippen molar-refractivity contribution in [1.82, 2.24) is 21.2 Å². The summed E-state index contributed by atoms with van der Waals surface area (Å²) in [7, 11) is 0. The fourth-order valence-electron chi connectivity index (χ4n) is 3.57. The Labute approximate surface area is 168 Å². The average molecular weight is 416 g/mol. The molecular formula is C17H29N5O5S. The highest BCUT2D eigenvalue weighted by Gasteiger charge is 2.58. The minimum Gasteiger partial charge on any atom is -0.481 e. The lowest BCUT2D eigenvalue weighted by atomic mass is 9.88. The number of amides is 4. The van der Waals surface area contributed by atoms with Gasteiger partial charge in [0.2, 0.25) is 0 Å². The normalized spacial score (nSPS) is 25.6. The quantitative estimate of drug-likeness (QED) is 0.114. The Morgan fingerprint density at radius 3 is 2.64 bits per heavy atom. The summed E-state index contributed by atoms with van der Waals surface area (Å²) >= 11 is 1.40. The van der Waals surface area contributed by atoms with E-state index < -0.39 is 22.7 Å². The van der Waals surface area contributed by atoms with E-state index in [1.807, 2.05) is 6.92 Å². The van der Waals surface area contributed by atoms with Crippen LogP contribution in [0.2, 0.25) is 0 Å². The van der Waals surface area contributed by atoms with E-state index in [9.17, 15) is 19.2 Å². The lowest BCUT2D eigenvalue weighted by Crippen LogP contribution is -2.61. The van der Waals surface area contributed by atoms with Gasteiger partial charge in [-0.25, -0.2) is 16.1 Å². The first-order valence-corrected chi connectivity index (χ1v) is 10.6. The van der Waals surface area contributed by atoms with Crippen molar-refractivity contribution in [2.45, 2.75) is 75.1 Å². The minimum atomic E-state index is -1.01. The van der Waals surface area contributed by atoms with E-state index in [2.05, 4.69) is 16.1 Å². The summed E-state index contributed by atoms with van der Waals surface area (Å²) in [6, 6.07) is -0.981. The van der Waals surface area contributed by atoms with Crippen LogP contribution in [0.15, 0.2) is 0 Å². The first-order valence-electron chi connectivity index (χ1n) is 9.61. The highest BCUT2D eigenvalue weighted by Crippen LogP contribution is 2.44. The Morgan fingerprint density at radius 2 is 1.96 bits per heavy atom. The molecule has 4 amide bonds. The number of unbranched alkanes of at least 4 members (excludes halogenated alkanes) is 3. The van der Waals surface area contributed by atoms with Gasteiger partial charge in [-0.3, -0.25) is 14.4 Å². The van der Waals surface area contributed by atoms with Crippen molar-refractivity contribution in [1.29, 1.82) is 0 Å². The highest BCUT2D eigenvalue weighted by atomic mass is 32.2. The van der Waals surface area contributed by atoms with Gasteiger partial charge < -0.3 is 15.7 Å². The third kappa shape index (κ3) is 5.28. The van der Waals surface area contributed by atoms with E-state index in [0.717, 1.165) is 18.0 Å². The standard InChI is InChI=1S/C17H29N5O5S/c1-2-3-4-7-12(23)22(18)21-15(26)17(9-6-5-8-13(24)25)14-11(10-28-17)19-16(27)20-14/h11,14H,2-10,18H2,1H3,(H,21,26)(H,24,25)(H2,19,20,27)/t11-,14-,17-/m0/s1. The molecule has 2 aliphatic rings. The van der Waals surface area contributed by atoms with Crippen LogP contribution >= 0.6 is 11.8 Å². The second kappa shape index (κ2) is 9.97. The number of nitrogens with zero attached hydrogens (tertiary/aromatic N) is 1. The van der Waals surface area contributed by atoms with Gasteiger partial charge in [0.25, 0.3) is 11.8 Å². The number of fused-ring (bicyclic) bond motifs is 1. The number of rotatable bonds is 10. The van der Waals surface area contributed by atoms with Crippen molar-refractivity contribution in [3.8, 4) is 0 Å². The number of carbonyl (C=O) groups is 4. The van der Waals surface area contributed by atoms with E-state index in [1.165, 1.54) is 11.8 Å². The number of thioether (sulfide) groups is 1. The van der Waals surface area contributed by atoms with Gasteiger partial charge in [0.05, 0.1) is 12.1 Å². The lowest BCUT2D eigenvalue weighted by molar-refractivity contribution is -0.143. The van der Waals surface area contributed by atoms with Crippen LogP contribution < -0.4 is 21.9 Å². The Bertz CT molecular complexity index is 619.